The first-order chi connectivity index (χ1) is 7.79. The van der Waals surface area contributed by atoms with Crippen LogP contribution >= 0.6 is 0 Å². The van der Waals surface area contributed by atoms with Crippen LogP contribution in [-0.4, -0.2) is 42.0 Å². The van der Waals surface area contributed by atoms with E-state index in [-0.39, 0.29) is 0 Å². The molecule has 3 aliphatic rings. The zero-order chi connectivity index (χ0) is 11.1. The molecule has 4 atom stereocenters. The lowest BCUT2D eigenvalue weighted by atomic mass is 9.98. The van der Waals surface area contributed by atoms with E-state index in [0.717, 1.165) is 12.8 Å². The van der Waals surface area contributed by atoms with Crippen LogP contribution in [0.15, 0.2) is 0 Å². The van der Waals surface area contributed by atoms with E-state index in [2.05, 4.69) is 4.90 Å². The number of methoxy groups -OCH3 is 1. The highest BCUT2D eigenvalue weighted by Gasteiger charge is 2.46. The Labute approximate surface area is 97.1 Å². The van der Waals surface area contributed by atoms with Crippen molar-refractivity contribution in [1.29, 1.82) is 0 Å². The molecule has 2 aliphatic heterocycles. The molecular formula is C13H21NO2. The van der Waals surface area contributed by atoms with Crippen molar-refractivity contribution in [2.24, 2.45) is 0 Å². The van der Waals surface area contributed by atoms with Gasteiger partial charge in [-0.3, -0.25) is 9.69 Å². The van der Waals surface area contributed by atoms with Gasteiger partial charge in [-0.15, -0.1) is 0 Å². The van der Waals surface area contributed by atoms with Crippen LogP contribution in [0.2, 0.25) is 0 Å². The Bertz CT molecular complexity index is 276. The average molecular weight is 223 g/mol. The first-order valence-corrected chi connectivity index (χ1v) is 6.61. The molecule has 0 aromatic carbocycles. The summed E-state index contributed by atoms with van der Waals surface area (Å²) in [6.45, 7) is 0. The summed E-state index contributed by atoms with van der Waals surface area (Å²) in [5, 5.41) is 0. The molecule has 16 heavy (non-hydrogen) atoms. The van der Waals surface area contributed by atoms with Gasteiger partial charge in [0.2, 0.25) is 0 Å². The largest absolute Gasteiger partial charge is 0.380 e. The smallest absolute Gasteiger partial charge is 0.136 e. The Hall–Kier alpha value is -0.410. The van der Waals surface area contributed by atoms with E-state index >= 15 is 0 Å². The van der Waals surface area contributed by atoms with Gasteiger partial charge in [0, 0.05) is 38.1 Å². The summed E-state index contributed by atoms with van der Waals surface area (Å²) in [5.74, 6) is 0.482. The Kier molecular flexibility index (Phi) is 2.76. The molecule has 0 spiro atoms. The number of carbonyl (C=O) groups is 1. The normalized spacial score (nSPS) is 44.2. The van der Waals surface area contributed by atoms with E-state index in [0.29, 0.717) is 30.0 Å². The van der Waals surface area contributed by atoms with E-state index in [1.54, 1.807) is 0 Å². The van der Waals surface area contributed by atoms with Crippen molar-refractivity contribution in [2.45, 2.75) is 69.2 Å². The molecule has 0 aromatic rings. The zero-order valence-electron chi connectivity index (χ0n) is 10.0. The standard InChI is InChI=1S/C13H21NO2/c1-16-13-4-2-3-12(13)14-9-5-6-10(14)8-11(15)7-9/h9-10,12-13H,2-8H2,1H3. The van der Waals surface area contributed by atoms with Gasteiger partial charge >= 0.3 is 0 Å². The SMILES string of the molecule is COC1CCCC1N1C2CCC1CC(=O)C2. The van der Waals surface area contributed by atoms with Crippen LogP contribution in [0.5, 0.6) is 0 Å². The van der Waals surface area contributed by atoms with E-state index in [4.69, 9.17) is 4.74 Å². The van der Waals surface area contributed by atoms with Gasteiger partial charge in [-0.05, 0) is 32.1 Å². The maximum atomic E-state index is 11.6. The Morgan fingerprint density at radius 1 is 1.12 bits per heavy atom. The molecule has 0 amide bonds. The number of hydrogen-bond acceptors (Lipinski definition) is 3. The van der Waals surface area contributed by atoms with Gasteiger partial charge in [0.1, 0.15) is 5.78 Å². The summed E-state index contributed by atoms with van der Waals surface area (Å²) in [7, 11) is 1.83. The second kappa shape index (κ2) is 4.11. The highest BCUT2D eigenvalue weighted by molar-refractivity contribution is 5.81. The van der Waals surface area contributed by atoms with Crippen LogP contribution in [-0.2, 0) is 9.53 Å². The molecule has 3 heteroatoms. The zero-order valence-corrected chi connectivity index (χ0v) is 10.0. The maximum absolute atomic E-state index is 11.6. The van der Waals surface area contributed by atoms with Crippen molar-refractivity contribution >= 4 is 5.78 Å². The van der Waals surface area contributed by atoms with Crippen LogP contribution in [0.4, 0.5) is 0 Å². The number of fused-ring (bicyclic) bond motifs is 2. The molecule has 0 N–H and O–H groups in total. The van der Waals surface area contributed by atoms with Gasteiger partial charge < -0.3 is 4.74 Å². The molecule has 3 rings (SSSR count). The first kappa shape index (κ1) is 10.7. The third-order valence-electron chi connectivity index (χ3n) is 4.71. The molecular weight excluding hydrogens is 202 g/mol. The quantitative estimate of drug-likeness (QED) is 0.714. The number of ketones is 1. The molecule has 1 saturated carbocycles. The Morgan fingerprint density at radius 2 is 1.81 bits per heavy atom. The number of piperidine rings is 1. The number of nitrogens with zero attached hydrogens (tertiary/aromatic N) is 1. The van der Waals surface area contributed by atoms with Crippen molar-refractivity contribution in [2.75, 3.05) is 7.11 Å². The van der Waals surface area contributed by atoms with Crippen LogP contribution in [0.25, 0.3) is 0 Å². The number of ether oxygens (including phenoxy) is 1. The maximum Gasteiger partial charge on any atom is 0.136 e. The number of carbonyl (C=O) groups excluding carboxylic acids is 1. The molecule has 0 aromatic heterocycles. The van der Waals surface area contributed by atoms with E-state index in [9.17, 15) is 4.79 Å². The molecule has 0 radical (unpaired) electrons. The lowest BCUT2D eigenvalue weighted by Gasteiger charge is -2.40. The first-order valence-electron chi connectivity index (χ1n) is 6.61. The van der Waals surface area contributed by atoms with Gasteiger partial charge in [0.05, 0.1) is 6.10 Å². The Morgan fingerprint density at radius 3 is 2.44 bits per heavy atom. The minimum atomic E-state index is 0.413. The molecule has 4 unspecified atom stereocenters. The molecule has 1 aliphatic carbocycles. The van der Waals surface area contributed by atoms with Gasteiger partial charge in [-0.2, -0.15) is 0 Å². The number of Topliss-reactive ketones (excluding diaryl/α,β-unsaturated/α-hetero) is 1. The van der Waals surface area contributed by atoms with Gasteiger partial charge in [0.25, 0.3) is 0 Å². The molecule has 2 saturated heterocycles. The van der Waals surface area contributed by atoms with Crippen molar-refractivity contribution < 1.29 is 9.53 Å². The van der Waals surface area contributed by atoms with E-state index in [1.165, 1.54) is 32.1 Å². The number of hydrogen-bond donors (Lipinski definition) is 0. The van der Waals surface area contributed by atoms with Crippen LogP contribution < -0.4 is 0 Å². The summed E-state index contributed by atoms with van der Waals surface area (Å²) in [6, 6.07) is 1.66. The lowest BCUT2D eigenvalue weighted by molar-refractivity contribution is -0.125. The molecule has 3 fully saturated rings. The van der Waals surface area contributed by atoms with Crippen molar-refractivity contribution in [3.05, 3.63) is 0 Å². The average Bonchev–Trinajstić information content (AvgIpc) is 2.81. The fourth-order valence-corrected chi connectivity index (χ4v) is 4.07. The second-order valence-electron chi connectivity index (χ2n) is 5.55. The van der Waals surface area contributed by atoms with Gasteiger partial charge in [-0.1, -0.05) is 0 Å². The van der Waals surface area contributed by atoms with Crippen LogP contribution in [0, 0.1) is 0 Å². The second-order valence-corrected chi connectivity index (χ2v) is 5.55. The predicted octanol–water partition coefficient (Wildman–Crippen LogP) is 1.75. The highest BCUT2D eigenvalue weighted by Crippen LogP contribution is 2.40. The highest BCUT2D eigenvalue weighted by atomic mass is 16.5. The fourth-order valence-electron chi connectivity index (χ4n) is 4.07. The minimum absolute atomic E-state index is 0.413. The Balaban J connectivity index is 1.77. The topological polar surface area (TPSA) is 29.5 Å². The van der Waals surface area contributed by atoms with E-state index < -0.39 is 0 Å². The molecule has 90 valence electrons. The summed E-state index contributed by atoms with van der Waals surface area (Å²) in [4.78, 5) is 14.2. The van der Waals surface area contributed by atoms with Crippen molar-refractivity contribution in [1.82, 2.24) is 4.90 Å². The number of rotatable bonds is 2. The third kappa shape index (κ3) is 1.61. The summed E-state index contributed by atoms with van der Waals surface area (Å²) < 4.78 is 5.60. The lowest BCUT2D eigenvalue weighted by Crippen LogP contribution is -2.52. The summed E-state index contributed by atoms with van der Waals surface area (Å²) >= 11 is 0. The molecule has 3 nitrogen and oxygen atoms in total. The molecule has 2 heterocycles. The van der Waals surface area contributed by atoms with Gasteiger partial charge in [-0.25, -0.2) is 0 Å². The monoisotopic (exact) mass is 223 g/mol. The summed E-state index contributed by atoms with van der Waals surface area (Å²) in [6.07, 6.45) is 8.20. The minimum Gasteiger partial charge on any atom is -0.380 e. The fraction of sp³-hybridized carbons (Fsp3) is 0.923. The predicted molar refractivity (Wildman–Crippen MR) is 61.3 cm³/mol. The van der Waals surface area contributed by atoms with E-state index in [1.807, 2.05) is 7.11 Å². The van der Waals surface area contributed by atoms with Crippen LogP contribution in [0.1, 0.15) is 44.9 Å². The van der Waals surface area contributed by atoms with Gasteiger partial charge in [0.15, 0.2) is 0 Å². The molecule has 2 bridgehead atoms. The third-order valence-corrected chi connectivity index (χ3v) is 4.71. The van der Waals surface area contributed by atoms with Crippen LogP contribution in [0.3, 0.4) is 0 Å². The summed E-state index contributed by atoms with van der Waals surface area (Å²) in [5.41, 5.74) is 0. The van der Waals surface area contributed by atoms with Crippen molar-refractivity contribution in [3.63, 3.8) is 0 Å². The van der Waals surface area contributed by atoms with Crippen molar-refractivity contribution in [3.8, 4) is 0 Å².